The van der Waals surface area contributed by atoms with E-state index in [-0.39, 0.29) is 18.2 Å². The second-order valence-electron chi connectivity index (χ2n) is 4.30. The highest BCUT2D eigenvalue weighted by Crippen LogP contribution is 2.32. The minimum atomic E-state index is -1.06. The van der Waals surface area contributed by atoms with E-state index in [2.05, 4.69) is 10.6 Å². The van der Waals surface area contributed by atoms with Crippen LogP contribution in [0.5, 0.6) is 0 Å². The maximum absolute atomic E-state index is 11.7. The van der Waals surface area contributed by atoms with Crippen LogP contribution in [-0.2, 0) is 0 Å². The lowest BCUT2D eigenvalue weighted by molar-refractivity contribution is 0.0697. The Kier molecular flexibility index (Phi) is 5.31. The summed E-state index contributed by atoms with van der Waals surface area (Å²) in [7, 11) is 0. The molecule has 0 saturated heterocycles. The van der Waals surface area contributed by atoms with Crippen molar-refractivity contribution >= 4 is 28.3 Å². The molecule has 6 nitrogen and oxygen atoms in total. The summed E-state index contributed by atoms with van der Waals surface area (Å²) in [6.45, 7) is 5.27. The number of carboxylic acids is 1. The monoisotopic (exact) mass is 286 g/mol. The fourth-order valence-corrected chi connectivity index (χ4v) is 2.65. The third-order valence-corrected chi connectivity index (χ3v) is 3.89. The zero-order chi connectivity index (χ0) is 14.6. The molecule has 1 atom stereocenters. The average molecular weight is 286 g/mol. The fraction of sp³-hybridized carbons (Fsp3) is 0.500. The standard InChI is InChI=1S/C12H18N2O4S/c1-6(4-5-15)13-12(18)14-10-9(11(16)17)7(2)8(3)19-10/h6,15H,4-5H2,1-3H3,(H,16,17)(H2,13,14,18). The van der Waals surface area contributed by atoms with Gasteiger partial charge in [0.25, 0.3) is 0 Å². The number of thiophene rings is 1. The van der Waals surface area contributed by atoms with E-state index in [1.807, 2.05) is 6.92 Å². The zero-order valence-electron chi connectivity index (χ0n) is 11.1. The molecule has 1 unspecified atom stereocenters. The predicted octanol–water partition coefficient (Wildman–Crippen LogP) is 1.96. The van der Waals surface area contributed by atoms with Crippen molar-refractivity contribution in [2.45, 2.75) is 33.2 Å². The Morgan fingerprint density at radius 3 is 2.53 bits per heavy atom. The summed E-state index contributed by atoms with van der Waals surface area (Å²) in [5, 5.41) is 23.4. The molecule has 0 bridgehead atoms. The van der Waals surface area contributed by atoms with Crippen molar-refractivity contribution in [2.24, 2.45) is 0 Å². The smallest absolute Gasteiger partial charge is 0.338 e. The lowest BCUT2D eigenvalue weighted by atomic mass is 10.1. The summed E-state index contributed by atoms with van der Waals surface area (Å²) in [6, 6.07) is -0.648. The highest BCUT2D eigenvalue weighted by atomic mass is 32.1. The van der Waals surface area contributed by atoms with E-state index in [0.717, 1.165) is 4.88 Å². The number of urea groups is 1. The molecule has 4 N–H and O–H groups in total. The van der Waals surface area contributed by atoms with E-state index in [4.69, 9.17) is 10.2 Å². The van der Waals surface area contributed by atoms with Crippen LogP contribution >= 0.6 is 11.3 Å². The maximum atomic E-state index is 11.7. The normalized spacial score (nSPS) is 12.0. The molecular weight excluding hydrogens is 268 g/mol. The van der Waals surface area contributed by atoms with Crippen LogP contribution in [0, 0.1) is 13.8 Å². The van der Waals surface area contributed by atoms with Gasteiger partial charge in [0, 0.05) is 17.5 Å². The number of hydrogen-bond donors (Lipinski definition) is 4. The number of hydrogen-bond acceptors (Lipinski definition) is 4. The second-order valence-corrected chi connectivity index (χ2v) is 5.53. The van der Waals surface area contributed by atoms with Gasteiger partial charge in [-0.25, -0.2) is 9.59 Å². The molecule has 0 aliphatic carbocycles. The van der Waals surface area contributed by atoms with Gasteiger partial charge in [-0.3, -0.25) is 5.32 Å². The summed E-state index contributed by atoms with van der Waals surface area (Å²) in [5.41, 5.74) is 0.795. The summed E-state index contributed by atoms with van der Waals surface area (Å²) >= 11 is 1.24. The second kappa shape index (κ2) is 6.53. The number of aromatic carboxylic acids is 1. The van der Waals surface area contributed by atoms with Crippen molar-refractivity contribution in [2.75, 3.05) is 11.9 Å². The Balaban J connectivity index is 2.80. The number of aryl methyl sites for hydroxylation is 1. The largest absolute Gasteiger partial charge is 0.478 e. The fourth-order valence-electron chi connectivity index (χ4n) is 1.60. The summed E-state index contributed by atoms with van der Waals surface area (Å²) in [6.07, 6.45) is 0.446. The van der Waals surface area contributed by atoms with Gasteiger partial charge in [-0.1, -0.05) is 0 Å². The number of nitrogens with one attached hydrogen (secondary N) is 2. The van der Waals surface area contributed by atoms with E-state index in [9.17, 15) is 9.59 Å². The molecule has 1 rings (SSSR count). The quantitative estimate of drug-likeness (QED) is 0.665. The number of rotatable bonds is 5. The summed E-state index contributed by atoms with van der Waals surface area (Å²) < 4.78 is 0. The van der Waals surface area contributed by atoms with Crippen LogP contribution in [0.1, 0.15) is 34.1 Å². The highest BCUT2D eigenvalue weighted by molar-refractivity contribution is 7.16. The lowest BCUT2D eigenvalue weighted by Crippen LogP contribution is -2.36. The van der Waals surface area contributed by atoms with Gasteiger partial charge in [-0.05, 0) is 32.8 Å². The van der Waals surface area contributed by atoms with Crippen molar-refractivity contribution in [3.63, 3.8) is 0 Å². The molecule has 0 fully saturated rings. The molecule has 19 heavy (non-hydrogen) atoms. The number of amides is 2. The Hall–Kier alpha value is -1.60. The Bertz CT molecular complexity index is 484. The SMILES string of the molecule is Cc1sc(NC(=O)NC(C)CCO)c(C(=O)O)c1C. The van der Waals surface area contributed by atoms with Gasteiger partial charge in [0.05, 0.1) is 5.56 Å². The molecule has 1 aromatic heterocycles. The molecule has 1 heterocycles. The van der Waals surface area contributed by atoms with E-state index in [1.54, 1.807) is 13.8 Å². The van der Waals surface area contributed by atoms with Gasteiger partial charge < -0.3 is 15.5 Å². The van der Waals surface area contributed by atoms with E-state index < -0.39 is 12.0 Å². The zero-order valence-corrected chi connectivity index (χ0v) is 11.9. The summed E-state index contributed by atoms with van der Waals surface area (Å²) in [5.74, 6) is -1.06. The maximum Gasteiger partial charge on any atom is 0.338 e. The van der Waals surface area contributed by atoms with Gasteiger partial charge in [-0.15, -0.1) is 11.3 Å². The number of carboxylic acid groups (broad SMARTS) is 1. The van der Waals surface area contributed by atoms with E-state index in [0.29, 0.717) is 17.0 Å². The van der Waals surface area contributed by atoms with Gasteiger partial charge in [-0.2, -0.15) is 0 Å². The molecule has 106 valence electrons. The first-order chi connectivity index (χ1) is 8.86. The van der Waals surface area contributed by atoms with Crippen LogP contribution in [0.25, 0.3) is 0 Å². The molecule has 7 heteroatoms. The molecule has 0 aliphatic rings. The highest BCUT2D eigenvalue weighted by Gasteiger charge is 2.20. The first-order valence-corrected chi connectivity index (χ1v) is 6.70. The third-order valence-electron chi connectivity index (χ3n) is 2.77. The van der Waals surface area contributed by atoms with Gasteiger partial charge in [0.2, 0.25) is 0 Å². The minimum Gasteiger partial charge on any atom is -0.478 e. The molecular formula is C12H18N2O4S. The number of carbonyl (C=O) groups is 2. The van der Waals surface area contributed by atoms with Crippen LogP contribution in [0.3, 0.4) is 0 Å². The molecule has 1 aromatic rings. The minimum absolute atomic E-state index is 0.0148. The Morgan fingerprint density at radius 1 is 1.37 bits per heavy atom. The third kappa shape index (κ3) is 3.93. The van der Waals surface area contributed by atoms with Crippen molar-refractivity contribution in [3.05, 3.63) is 16.0 Å². The topological polar surface area (TPSA) is 98.7 Å². The summed E-state index contributed by atoms with van der Waals surface area (Å²) in [4.78, 5) is 23.7. The molecule has 0 aromatic carbocycles. The molecule has 0 radical (unpaired) electrons. The first kappa shape index (κ1) is 15.5. The van der Waals surface area contributed by atoms with Gasteiger partial charge in [0.1, 0.15) is 5.00 Å². The van der Waals surface area contributed by atoms with Crippen LogP contribution < -0.4 is 10.6 Å². The van der Waals surface area contributed by atoms with Crippen molar-refractivity contribution in [1.82, 2.24) is 5.32 Å². The predicted molar refractivity (Wildman–Crippen MR) is 74.1 cm³/mol. The Labute approximate surface area is 115 Å². The van der Waals surface area contributed by atoms with E-state index >= 15 is 0 Å². The number of aliphatic hydroxyl groups excluding tert-OH is 1. The molecule has 0 spiro atoms. The first-order valence-electron chi connectivity index (χ1n) is 5.88. The lowest BCUT2D eigenvalue weighted by Gasteiger charge is -2.13. The average Bonchev–Trinajstić information content (AvgIpc) is 2.54. The van der Waals surface area contributed by atoms with Crippen LogP contribution in [0.2, 0.25) is 0 Å². The van der Waals surface area contributed by atoms with Gasteiger partial charge >= 0.3 is 12.0 Å². The van der Waals surface area contributed by atoms with Crippen molar-refractivity contribution in [1.29, 1.82) is 0 Å². The molecule has 0 saturated carbocycles. The van der Waals surface area contributed by atoms with E-state index in [1.165, 1.54) is 11.3 Å². The van der Waals surface area contributed by atoms with Gasteiger partial charge in [0.15, 0.2) is 0 Å². The number of anilines is 1. The molecule has 2 amide bonds. The van der Waals surface area contributed by atoms with Crippen LogP contribution in [-0.4, -0.2) is 34.9 Å². The van der Waals surface area contributed by atoms with Crippen molar-refractivity contribution < 1.29 is 19.8 Å². The van der Waals surface area contributed by atoms with Crippen molar-refractivity contribution in [3.8, 4) is 0 Å². The van der Waals surface area contributed by atoms with Crippen LogP contribution in [0.4, 0.5) is 9.80 Å². The number of carbonyl (C=O) groups excluding carboxylic acids is 1. The molecule has 0 aliphatic heterocycles. The Morgan fingerprint density at radius 2 is 2.00 bits per heavy atom. The van der Waals surface area contributed by atoms with Crippen LogP contribution in [0.15, 0.2) is 0 Å². The number of aliphatic hydroxyl groups is 1.